The first-order valence-electron chi connectivity index (χ1n) is 12.2. The number of unbranched alkanes of at least 4 members (excludes halogenated alkanes) is 2. The average Bonchev–Trinajstić information content (AvgIpc) is 3.30. The predicted octanol–water partition coefficient (Wildman–Crippen LogP) is 6.36. The number of fused-ring (bicyclic) bond motifs is 2. The minimum absolute atomic E-state index is 0.660. The standard InChI is InChI=1S/C29H25N7/c1-2-3-4-17-36-26-18-23-24(19-25(26)34-29(36)22-9-15-32-16-10-22)33-28(21-7-13-31-14-8-21)35-27(23)20-5-11-30-12-6-20/h5-16,18-19H,2-4,17H2,1H3. The van der Waals surface area contributed by atoms with Gasteiger partial charge in [0.1, 0.15) is 5.82 Å². The van der Waals surface area contributed by atoms with Crippen LogP contribution in [0.25, 0.3) is 56.0 Å². The molecule has 7 nitrogen and oxygen atoms in total. The van der Waals surface area contributed by atoms with Gasteiger partial charge in [-0.25, -0.2) is 15.0 Å². The SMILES string of the molecule is CCCCCn1c(-c2ccncc2)nc2cc3nc(-c4ccncc4)nc(-c4ccncc4)c3cc21. The van der Waals surface area contributed by atoms with Crippen LogP contribution in [0.1, 0.15) is 26.2 Å². The van der Waals surface area contributed by atoms with Crippen molar-refractivity contribution >= 4 is 21.9 Å². The van der Waals surface area contributed by atoms with Crippen LogP contribution in [-0.4, -0.2) is 34.5 Å². The van der Waals surface area contributed by atoms with Gasteiger partial charge >= 0.3 is 0 Å². The van der Waals surface area contributed by atoms with Gasteiger partial charge in [0.25, 0.3) is 0 Å². The highest BCUT2D eigenvalue weighted by atomic mass is 15.1. The number of nitrogens with zero attached hydrogens (tertiary/aromatic N) is 7. The lowest BCUT2D eigenvalue weighted by Gasteiger charge is -2.11. The van der Waals surface area contributed by atoms with Crippen molar-refractivity contribution in [1.29, 1.82) is 0 Å². The van der Waals surface area contributed by atoms with Crippen molar-refractivity contribution in [1.82, 2.24) is 34.5 Å². The minimum Gasteiger partial charge on any atom is -0.324 e. The number of aromatic nitrogens is 7. The lowest BCUT2D eigenvalue weighted by Crippen LogP contribution is -2.01. The topological polar surface area (TPSA) is 82.3 Å². The Morgan fingerprint density at radius 2 is 1.28 bits per heavy atom. The molecule has 0 spiro atoms. The molecule has 1 aromatic carbocycles. The largest absolute Gasteiger partial charge is 0.324 e. The molecule has 0 bridgehead atoms. The van der Waals surface area contributed by atoms with E-state index >= 15 is 0 Å². The summed E-state index contributed by atoms with van der Waals surface area (Å²) in [6.45, 7) is 3.12. The Hall–Kier alpha value is -4.52. The van der Waals surface area contributed by atoms with E-state index in [2.05, 4.69) is 38.6 Å². The molecule has 0 aliphatic rings. The zero-order chi connectivity index (χ0) is 24.3. The third kappa shape index (κ3) is 4.09. The Morgan fingerprint density at radius 3 is 1.94 bits per heavy atom. The highest BCUT2D eigenvalue weighted by Crippen LogP contribution is 2.33. The van der Waals surface area contributed by atoms with Gasteiger partial charge in [-0.3, -0.25) is 15.0 Å². The van der Waals surface area contributed by atoms with E-state index in [0.717, 1.165) is 69.5 Å². The molecular weight excluding hydrogens is 446 g/mol. The van der Waals surface area contributed by atoms with Crippen LogP contribution in [0.3, 0.4) is 0 Å². The number of imidazole rings is 1. The molecule has 5 heterocycles. The number of rotatable bonds is 7. The van der Waals surface area contributed by atoms with E-state index in [0.29, 0.717) is 5.82 Å². The summed E-state index contributed by atoms with van der Waals surface area (Å²) in [5.74, 6) is 1.61. The van der Waals surface area contributed by atoms with Crippen molar-refractivity contribution in [3.05, 3.63) is 85.7 Å². The van der Waals surface area contributed by atoms with Gasteiger partial charge < -0.3 is 4.57 Å². The van der Waals surface area contributed by atoms with Crippen LogP contribution in [0.5, 0.6) is 0 Å². The molecule has 0 aliphatic heterocycles. The molecule has 7 heteroatoms. The van der Waals surface area contributed by atoms with E-state index in [1.165, 1.54) is 6.42 Å². The summed E-state index contributed by atoms with van der Waals surface area (Å²) in [6, 6.07) is 16.2. The molecule has 0 atom stereocenters. The van der Waals surface area contributed by atoms with E-state index in [1.807, 2.05) is 48.8 Å². The minimum atomic E-state index is 0.660. The molecule has 0 saturated carbocycles. The van der Waals surface area contributed by atoms with Crippen molar-refractivity contribution in [2.45, 2.75) is 32.7 Å². The Kier molecular flexibility index (Phi) is 5.87. The zero-order valence-electron chi connectivity index (χ0n) is 20.0. The summed E-state index contributed by atoms with van der Waals surface area (Å²) in [6.07, 6.45) is 14.2. The fraction of sp³-hybridized carbons (Fsp3) is 0.172. The zero-order valence-corrected chi connectivity index (χ0v) is 20.0. The maximum atomic E-state index is 5.07. The van der Waals surface area contributed by atoms with Crippen molar-refractivity contribution in [2.24, 2.45) is 0 Å². The van der Waals surface area contributed by atoms with Gasteiger partial charge in [-0.05, 0) is 55.0 Å². The summed E-state index contributed by atoms with van der Waals surface area (Å²) in [7, 11) is 0. The normalized spacial score (nSPS) is 11.4. The quantitative estimate of drug-likeness (QED) is 0.252. The van der Waals surface area contributed by atoms with Crippen molar-refractivity contribution < 1.29 is 0 Å². The Labute approximate surface area is 209 Å². The van der Waals surface area contributed by atoms with Crippen LogP contribution in [0.15, 0.2) is 85.7 Å². The van der Waals surface area contributed by atoms with Gasteiger partial charge in [0.05, 0.1) is 22.2 Å². The van der Waals surface area contributed by atoms with Crippen LogP contribution in [0, 0.1) is 0 Å². The molecule has 6 rings (SSSR count). The van der Waals surface area contributed by atoms with Gasteiger partial charge in [0, 0.05) is 65.8 Å². The van der Waals surface area contributed by atoms with E-state index in [9.17, 15) is 0 Å². The van der Waals surface area contributed by atoms with Crippen LogP contribution in [-0.2, 0) is 6.54 Å². The third-order valence-electron chi connectivity index (χ3n) is 6.38. The second kappa shape index (κ2) is 9.62. The molecular formula is C29H25N7. The van der Waals surface area contributed by atoms with Gasteiger partial charge in [0.15, 0.2) is 5.82 Å². The first-order chi connectivity index (χ1) is 17.8. The van der Waals surface area contributed by atoms with Crippen LogP contribution >= 0.6 is 0 Å². The first-order valence-corrected chi connectivity index (χ1v) is 12.2. The predicted molar refractivity (Wildman–Crippen MR) is 142 cm³/mol. The number of aryl methyl sites for hydroxylation is 1. The maximum absolute atomic E-state index is 5.07. The van der Waals surface area contributed by atoms with E-state index in [4.69, 9.17) is 15.0 Å². The van der Waals surface area contributed by atoms with E-state index in [-0.39, 0.29) is 0 Å². The molecule has 0 saturated heterocycles. The molecule has 6 aromatic rings. The van der Waals surface area contributed by atoms with Crippen LogP contribution < -0.4 is 0 Å². The molecule has 0 amide bonds. The van der Waals surface area contributed by atoms with Gasteiger partial charge in [-0.1, -0.05) is 19.8 Å². The number of hydrogen-bond donors (Lipinski definition) is 0. The van der Waals surface area contributed by atoms with E-state index < -0.39 is 0 Å². The molecule has 0 fully saturated rings. The van der Waals surface area contributed by atoms with Gasteiger partial charge in [-0.15, -0.1) is 0 Å². The second-order valence-corrected chi connectivity index (χ2v) is 8.76. The second-order valence-electron chi connectivity index (χ2n) is 8.76. The summed E-state index contributed by atoms with van der Waals surface area (Å²) >= 11 is 0. The van der Waals surface area contributed by atoms with Crippen molar-refractivity contribution in [3.63, 3.8) is 0 Å². The molecule has 5 aromatic heterocycles. The average molecular weight is 472 g/mol. The Bertz CT molecular complexity index is 1630. The number of benzene rings is 1. The molecule has 0 aliphatic carbocycles. The van der Waals surface area contributed by atoms with Crippen molar-refractivity contribution in [3.8, 4) is 34.0 Å². The lowest BCUT2D eigenvalue weighted by atomic mass is 10.1. The molecule has 0 N–H and O–H groups in total. The fourth-order valence-corrected chi connectivity index (χ4v) is 4.58. The van der Waals surface area contributed by atoms with Crippen molar-refractivity contribution in [2.75, 3.05) is 0 Å². The third-order valence-corrected chi connectivity index (χ3v) is 6.38. The van der Waals surface area contributed by atoms with Gasteiger partial charge in [-0.2, -0.15) is 0 Å². The van der Waals surface area contributed by atoms with Gasteiger partial charge in [0.2, 0.25) is 0 Å². The van der Waals surface area contributed by atoms with Crippen LogP contribution in [0.2, 0.25) is 0 Å². The lowest BCUT2D eigenvalue weighted by molar-refractivity contribution is 0.617. The smallest absolute Gasteiger partial charge is 0.160 e. The molecule has 0 radical (unpaired) electrons. The Balaban J connectivity index is 1.63. The summed E-state index contributed by atoms with van der Waals surface area (Å²) in [4.78, 5) is 27.6. The molecule has 0 unspecified atom stereocenters. The Morgan fingerprint density at radius 1 is 0.639 bits per heavy atom. The maximum Gasteiger partial charge on any atom is 0.160 e. The highest BCUT2D eigenvalue weighted by molar-refractivity contribution is 6.01. The van der Waals surface area contributed by atoms with E-state index in [1.54, 1.807) is 24.8 Å². The monoisotopic (exact) mass is 471 g/mol. The highest BCUT2D eigenvalue weighted by Gasteiger charge is 2.17. The summed E-state index contributed by atoms with van der Waals surface area (Å²) < 4.78 is 2.33. The van der Waals surface area contributed by atoms with Crippen LogP contribution in [0.4, 0.5) is 0 Å². The number of hydrogen-bond acceptors (Lipinski definition) is 6. The number of pyridine rings is 3. The summed E-state index contributed by atoms with van der Waals surface area (Å²) in [5, 5.41) is 0.990. The molecule has 36 heavy (non-hydrogen) atoms. The first kappa shape index (κ1) is 22.0. The fourth-order valence-electron chi connectivity index (χ4n) is 4.58. The molecule has 176 valence electrons. The summed E-state index contributed by atoms with van der Waals surface area (Å²) in [5.41, 5.74) is 6.72.